The molecule has 12 heteroatoms. The summed E-state index contributed by atoms with van der Waals surface area (Å²) in [4.78, 5) is 41.7. The quantitative estimate of drug-likeness (QED) is 0.0513. The zero-order valence-electron chi connectivity index (χ0n) is 51.3. The molecule has 448 valence electrons. The van der Waals surface area contributed by atoms with Crippen LogP contribution in [0.25, 0.3) is 22.2 Å². The Labute approximate surface area is 531 Å². The number of nitrogen functional groups attached to an aromatic ring is 1. The second-order valence-electron chi connectivity index (χ2n) is 23.1. The minimum atomic E-state index is -4.79. The molecule has 0 spiro atoms. The van der Waals surface area contributed by atoms with Crippen LogP contribution in [-0.4, -0.2) is 34.9 Å². The number of nitrogens with two attached hydrogens (primary N) is 1. The zero-order valence-corrected chi connectivity index (χ0v) is 52.1. The molecule has 0 fully saturated rings. The Morgan fingerprint density at radius 1 is 0.516 bits per heavy atom. The van der Waals surface area contributed by atoms with Crippen molar-refractivity contribution in [3.63, 3.8) is 0 Å². The fourth-order valence-corrected chi connectivity index (χ4v) is 12.7. The minimum Gasteiger partial charge on any atom is -0.397 e. The third-order valence-corrected chi connectivity index (χ3v) is 17.5. The van der Waals surface area contributed by atoms with Gasteiger partial charge in [-0.2, -0.15) is 8.42 Å². The number of fused-ring (bicyclic) bond motifs is 3. The number of anilines is 9. The number of benzene rings is 11. The normalized spacial score (nSPS) is 11.7. The predicted octanol–water partition coefficient (Wildman–Crippen LogP) is 18.2. The van der Waals surface area contributed by atoms with Crippen LogP contribution in [0.1, 0.15) is 83.3 Å². The number of nitrogens with zero attached hydrogens (tertiary/aromatic N) is 3. The number of carbonyl (C=O) groups excluding carboxylic acids is 3. The van der Waals surface area contributed by atoms with Crippen molar-refractivity contribution in [2.75, 3.05) is 20.9 Å². The summed E-state index contributed by atoms with van der Waals surface area (Å²) in [7, 11) is -2.59. The SMILES string of the molecule is CC(=O)Cc1ccc(Nc2cc(S(=O)(=O)O)c(N)c3c2C(=O)c2ccccc2C3=O)cc1.Cc1ccc(N(c2ccc(C)cc2)c2ccc([C+](c3ccc(N(c4ccc(C)cc4)c4ccc(C)cc4)cc3)c3c(-c4ccccc4)n(C)c4ccccc34)cc2)cc1. The molecule has 0 bridgehead atoms. The highest BCUT2D eigenvalue weighted by Crippen LogP contribution is 2.46. The third kappa shape index (κ3) is 12.3. The van der Waals surface area contributed by atoms with E-state index in [1.54, 1.807) is 36.4 Å². The van der Waals surface area contributed by atoms with E-state index in [0.717, 1.165) is 56.9 Å². The average Bonchev–Trinajstić information content (AvgIpc) is 1.54. The number of para-hydroxylation sites is 1. The van der Waals surface area contributed by atoms with E-state index in [1.165, 1.54) is 75.0 Å². The van der Waals surface area contributed by atoms with E-state index >= 15 is 0 Å². The highest BCUT2D eigenvalue weighted by Gasteiger charge is 2.37. The van der Waals surface area contributed by atoms with Crippen molar-refractivity contribution in [1.29, 1.82) is 0 Å². The molecule has 1 aliphatic carbocycles. The maximum Gasteiger partial charge on any atom is 0.296 e. The van der Waals surface area contributed by atoms with E-state index < -0.39 is 32.3 Å². The molecule has 0 radical (unpaired) electrons. The van der Waals surface area contributed by atoms with Crippen molar-refractivity contribution >= 4 is 89.6 Å². The number of hydrogen-bond acceptors (Lipinski definition) is 9. The van der Waals surface area contributed by atoms with E-state index in [2.05, 4.69) is 255 Å². The summed E-state index contributed by atoms with van der Waals surface area (Å²) in [5.41, 5.74) is 25.4. The van der Waals surface area contributed by atoms with E-state index in [9.17, 15) is 27.4 Å². The standard InChI is InChI=1S/C56H48N3.C23H18N2O6S/c1-39-15-27-46(28-16-39)58(47-29-17-40(2)18-30-47)50-35-23-43(24-36-50)54(55-52-13-9-10-14-53(52)57(5)56(55)45-11-7-6-8-12-45)44-25-37-51(38-26-44)59(48-31-19-41(3)20-32-48)49-33-21-42(4)22-34-49;1-12(26)10-13-6-8-14(9-7-13)25-17-11-18(32(29,30)31)21(24)20-19(17)22(27)15-4-2-3-5-16(15)23(20)28/h6-38H,1-5H3;2-9,11,25H,10,24H2,1H3,(H,29,30,31)/q+1;. The van der Waals surface area contributed by atoms with E-state index in [4.69, 9.17) is 5.73 Å². The lowest BCUT2D eigenvalue weighted by atomic mass is 9.82. The van der Waals surface area contributed by atoms with Gasteiger partial charge in [-0.05, 0) is 180 Å². The Hall–Kier alpha value is -11.1. The van der Waals surface area contributed by atoms with Crippen LogP contribution in [0.2, 0.25) is 0 Å². The van der Waals surface area contributed by atoms with Gasteiger partial charge in [0.1, 0.15) is 16.4 Å². The van der Waals surface area contributed by atoms with Crippen molar-refractivity contribution < 1.29 is 27.4 Å². The predicted molar refractivity (Wildman–Crippen MR) is 368 cm³/mol. The number of aromatic nitrogens is 1. The molecule has 0 saturated heterocycles. The minimum absolute atomic E-state index is 0.00104. The maximum atomic E-state index is 13.3. The zero-order chi connectivity index (χ0) is 63.7. The van der Waals surface area contributed by atoms with E-state index in [1.807, 2.05) is 0 Å². The highest BCUT2D eigenvalue weighted by atomic mass is 32.2. The topological polar surface area (TPSA) is 155 Å². The van der Waals surface area contributed by atoms with Crippen LogP contribution < -0.4 is 20.9 Å². The molecule has 1 aromatic heterocycles. The van der Waals surface area contributed by atoms with Crippen molar-refractivity contribution in [2.24, 2.45) is 7.05 Å². The Morgan fingerprint density at radius 3 is 1.34 bits per heavy atom. The first kappa shape index (κ1) is 60.2. The van der Waals surface area contributed by atoms with Crippen LogP contribution in [0, 0.1) is 33.6 Å². The Bertz CT molecular complexity index is 4590. The monoisotopic (exact) mass is 1210 g/mol. The number of ketones is 3. The molecule has 91 heavy (non-hydrogen) atoms. The number of aryl methyl sites for hydroxylation is 5. The molecule has 13 rings (SSSR count). The molecule has 11 nitrogen and oxygen atoms in total. The third-order valence-electron chi connectivity index (χ3n) is 16.6. The molecular formula is C79H66N5O6S+. The fraction of sp³-hybridized carbons (Fsp3) is 0.0886. The van der Waals surface area contributed by atoms with Crippen molar-refractivity contribution in [3.8, 4) is 11.3 Å². The summed E-state index contributed by atoms with van der Waals surface area (Å²) in [5, 5.41) is 4.17. The van der Waals surface area contributed by atoms with Crippen molar-refractivity contribution in [3.05, 3.63) is 327 Å². The van der Waals surface area contributed by atoms with Gasteiger partial charge in [-0.15, -0.1) is 0 Å². The molecule has 0 amide bonds. The fourth-order valence-electron chi connectivity index (χ4n) is 12.0. The number of carbonyl (C=O) groups is 3. The number of rotatable bonds is 15. The van der Waals surface area contributed by atoms with Crippen LogP contribution in [0.3, 0.4) is 0 Å². The van der Waals surface area contributed by atoms with Crippen LogP contribution in [0.15, 0.2) is 260 Å². The summed E-state index contributed by atoms with van der Waals surface area (Å²) < 4.78 is 35.9. The lowest BCUT2D eigenvalue weighted by molar-refractivity contribution is -0.116. The highest BCUT2D eigenvalue weighted by molar-refractivity contribution is 7.86. The Balaban J connectivity index is 0.000000211. The van der Waals surface area contributed by atoms with E-state index in [0.29, 0.717) is 5.69 Å². The molecule has 1 heterocycles. The van der Waals surface area contributed by atoms with Crippen LogP contribution in [0.4, 0.5) is 51.2 Å². The van der Waals surface area contributed by atoms with Gasteiger partial charge >= 0.3 is 0 Å². The number of Topliss-reactive ketones (excluding diaryl/α,β-unsaturated/α-hetero) is 1. The molecular weight excluding hydrogens is 1150 g/mol. The summed E-state index contributed by atoms with van der Waals surface area (Å²) in [6, 6.07) is 87.0. The van der Waals surface area contributed by atoms with Gasteiger partial charge in [0, 0.05) is 58.6 Å². The number of hydrogen-bond donors (Lipinski definition) is 3. The molecule has 12 aromatic rings. The lowest BCUT2D eigenvalue weighted by Crippen LogP contribution is -2.25. The Kier molecular flexibility index (Phi) is 16.7. The van der Waals surface area contributed by atoms with Gasteiger partial charge in [0.2, 0.25) is 0 Å². The van der Waals surface area contributed by atoms with Gasteiger partial charge in [-0.1, -0.05) is 138 Å². The first-order valence-electron chi connectivity index (χ1n) is 30.0. The summed E-state index contributed by atoms with van der Waals surface area (Å²) in [6.07, 6.45) is 0.258. The smallest absolute Gasteiger partial charge is 0.296 e. The average molecular weight is 1210 g/mol. The maximum absolute atomic E-state index is 13.3. The van der Waals surface area contributed by atoms with Gasteiger partial charge in [0.15, 0.2) is 11.6 Å². The van der Waals surface area contributed by atoms with Crippen molar-refractivity contribution in [1.82, 2.24) is 4.57 Å². The van der Waals surface area contributed by atoms with Gasteiger partial charge in [0.25, 0.3) is 10.1 Å². The molecule has 0 atom stereocenters. The first-order valence-corrected chi connectivity index (χ1v) is 31.4. The first-order chi connectivity index (χ1) is 43.9. The molecule has 4 N–H and O–H groups in total. The molecule has 0 aliphatic heterocycles. The van der Waals surface area contributed by atoms with Crippen LogP contribution >= 0.6 is 0 Å². The van der Waals surface area contributed by atoms with Gasteiger partial charge in [-0.3, -0.25) is 18.9 Å². The summed E-state index contributed by atoms with van der Waals surface area (Å²) >= 11 is 0. The van der Waals surface area contributed by atoms with Crippen LogP contribution in [-0.2, 0) is 28.4 Å². The van der Waals surface area contributed by atoms with E-state index in [-0.39, 0.29) is 40.1 Å². The lowest BCUT2D eigenvalue weighted by Gasteiger charge is -2.26. The molecule has 1 aliphatic rings. The largest absolute Gasteiger partial charge is 0.397 e. The second kappa shape index (κ2) is 25.2. The van der Waals surface area contributed by atoms with Gasteiger partial charge < -0.3 is 25.4 Å². The molecule has 0 saturated carbocycles. The number of nitrogens with one attached hydrogen (secondary N) is 1. The summed E-state index contributed by atoms with van der Waals surface area (Å²) in [6.45, 7) is 10.0. The van der Waals surface area contributed by atoms with Gasteiger partial charge in [0.05, 0.1) is 67.4 Å². The molecule has 11 aromatic carbocycles. The van der Waals surface area contributed by atoms with Gasteiger partial charge in [-0.25, -0.2) is 0 Å². The Morgan fingerprint density at radius 2 is 0.912 bits per heavy atom. The molecule has 0 unspecified atom stereocenters. The second-order valence-corrected chi connectivity index (χ2v) is 24.5. The van der Waals surface area contributed by atoms with Crippen LogP contribution in [0.5, 0.6) is 0 Å². The van der Waals surface area contributed by atoms with Crippen molar-refractivity contribution in [2.45, 2.75) is 45.9 Å². The summed E-state index contributed by atoms with van der Waals surface area (Å²) in [5.74, 6) is 0.0737.